The molecule has 0 aliphatic rings. The normalized spacial score (nSPS) is 10.3. The van der Waals surface area contributed by atoms with E-state index in [1.54, 1.807) is 24.3 Å². The zero-order valence-electron chi connectivity index (χ0n) is 19.0. The maximum atomic E-state index is 12.4. The Hall–Kier alpha value is -3.80. The molecular weight excluding hydrogens is 414 g/mol. The number of carbonyl (C=O) groups excluding carboxylic acids is 2. The minimum atomic E-state index is -0.169. The van der Waals surface area contributed by atoms with Gasteiger partial charge < -0.3 is 20.7 Å². The SMILES string of the molecule is CCCCOc1ccccc1NCC(=O)Nc1ccc(NC(=O)CCc2ccccc2)cc1. The Balaban J connectivity index is 1.43. The molecule has 6 nitrogen and oxygen atoms in total. The van der Waals surface area contributed by atoms with Gasteiger partial charge in [-0.25, -0.2) is 0 Å². The highest BCUT2D eigenvalue weighted by Crippen LogP contribution is 2.24. The van der Waals surface area contributed by atoms with Crippen molar-refractivity contribution in [3.8, 4) is 5.75 Å². The summed E-state index contributed by atoms with van der Waals surface area (Å²) in [6.07, 6.45) is 3.16. The number of rotatable bonds is 12. The Labute approximate surface area is 195 Å². The van der Waals surface area contributed by atoms with Crippen LogP contribution >= 0.6 is 0 Å². The summed E-state index contributed by atoms with van der Waals surface area (Å²) in [5.41, 5.74) is 3.28. The van der Waals surface area contributed by atoms with Crippen LogP contribution in [0.3, 0.4) is 0 Å². The number of nitrogens with one attached hydrogen (secondary N) is 3. The van der Waals surface area contributed by atoms with Gasteiger partial charge in [0, 0.05) is 17.8 Å². The van der Waals surface area contributed by atoms with E-state index in [1.165, 1.54) is 0 Å². The second-order valence-corrected chi connectivity index (χ2v) is 7.71. The molecule has 33 heavy (non-hydrogen) atoms. The van der Waals surface area contributed by atoms with E-state index < -0.39 is 0 Å². The molecule has 0 heterocycles. The molecule has 3 aromatic rings. The predicted molar refractivity (Wildman–Crippen MR) is 134 cm³/mol. The summed E-state index contributed by atoms with van der Waals surface area (Å²) in [7, 11) is 0. The third-order valence-electron chi connectivity index (χ3n) is 5.02. The Morgan fingerprint density at radius 1 is 0.788 bits per heavy atom. The van der Waals surface area contributed by atoms with E-state index in [-0.39, 0.29) is 18.4 Å². The standard InChI is InChI=1S/C27H31N3O3/c1-2-3-19-33-25-12-8-7-11-24(25)28-20-27(32)30-23-16-14-22(15-17-23)29-26(31)18-13-21-9-5-4-6-10-21/h4-12,14-17,28H,2-3,13,18-20H2,1H3,(H,29,31)(H,30,32). The van der Waals surface area contributed by atoms with Crippen LogP contribution in [0.1, 0.15) is 31.7 Å². The smallest absolute Gasteiger partial charge is 0.243 e. The maximum absolute atomic E-state index is 12.4. The van der Waals surface area contributed by atoms with Gasteiger partial charge >= 0.3 is 0 Å². The van der Waals surface area contributed by atoms with E-state index in [0.717, 1.165) is 29.8 Å². The number of carbonyl (C=O) groups is 2. The van der Waals surface area contributed by atoms with Gasteiger partial charge in [0.1, 0.15) is 5.75 Å². The molecule has 0 bridgehead atoms. The molecule has 0 aromatic heterocycles. The number of amides is 2. The molecule has 0 unspecified atom stereocenters. The number of unbranched alkanes of at least 4 members (excludes halogenated alkanes) is 1. The molecule has 172 valence electrons. The molecular formula is C27H31N3O3. The third-order valence-corrected chi connectivity index (χ3v) is 5.02. The van der Waals surface area contributed by atoms with Gasteiger partial charge in [0.2, 0.25) is 11.8 Å². The summed E-state index contributed by atoms with van der Waals surface area (Å²) < 4.78 is 5.79. The van der Waals surface area contributed by atoms with E-state index in [4.69, 9.17) is 4.74 Å². The summed E-state index contributed by atoms with van der Waals surface area (Å²) in [5.74, 6) is 0.531. The Morgan fingerprint density at radius 2 is 1.42 bits per heavy atom. The van der Waals surface area contributed by atoms with Crippen molar-refractivity contribution in [1.82, 2.24) is 0 Å². The van der Waals surface area contributed by atoms with Crippen LogP contribution in [0, 0.1) is 0 Å². The molecule has 0 radical (unpaired) electrons. The lowest BCUT2D eigenvalue weighted by Gasteiger charge is -2.13. The first-order valence-corrected chi connectivity index (χ1v) is 11.3. The molecule has 0 fully saturated rings. The van der Waals surface area contributed by atoms with Crippen LogP contribution in [-0.2, 0) is 16.0 Å². The summed E-state index contributed by atoms with van der Waals surface area (Å²) in [5, 5.41) is 8.88. The topological polar surface area (TPSA) is 79.5 Å². The highest BCUT2D eigenvalue weighted by atomic mass is 16.5. The van der Waals surface area contributed by atoms with Gasteiger partial charge in [-0.15, -0.1) is 0 Å². The van der Waals surface area contributed by atoms with Crippen molar-refractivity contribution in [3.63, 3.8) is 0 Å². The first kappa shape index (κ1) is 23.9. The second kappa shape index (κ2) is 12.9. The van der Waals surface area contributed by atoms with Gasteiger partial charge in [0.15, 0.2) is 0 Å². The Morgan fingerprint density at radius 3 is 2.12 bits per heavy atom. The van der Waals surface area contributed by atoms with E-state index >= 15 is 0 Å². The fourth-order valence-electron chi connectivity index (χ4n) is 3.21. The lowest BCUT2D eigenvalue weighted by atomic mass is 10.1. The largest absolute Gasteiger partial charge is 0.491 e. The van der Waals surface area contributed by atoms with Crippen LogP contribution in [0.5, 0.6) is 5.75 Å². The molecule has 0 aliphatic heterocycles. The number of ether oxygens (including phenoxy) is 1. The van der Waals surface area contributed by atoms with Crippen molar-refractivity contribution in [1.29, 1.82) is 0 Å². The minimum Gasteiger partial charge on any atom is -0.491 e. The number of aryl methyl sites for hydroxylation is 1. The number of para-hydroxylation sites is 2. The zero-order chi connectivity index (χ0) is 23.3. The molecule has 0 aliphatic carbocycles. The Bertz CT molecular complexity index is 1020. The highest BCUT2D eigenvalue weighted by Gasteiger charge is 2.07. The average Bonchev–Trinajstić information content (AvgIpc) is 2.84. The van der Waals surface area contributed by atoms with Gasteiger partial charge in [-0.05, 0) is 54.8 Å². The fraction of sp³-hybridized carbons (Fsp3) is 0.259. The molecule has 0 saturated carbocycles. The molecule has 3 N–H and O–H groups in total. The van der Waals surface area contributed by atoms with Crippen molar-refractivity contribution in [2.45, 2.75) is 32.6 Å². The zero-order valence-corrected chi connectivity index (χ0v) is 19.0. The number of benzene rings is 3. The van der Waals surface area contributed by atoms with Gasteiger partial charge in [0.25, 0.3) is 0 Å². The van der Waals surface area contributed by atoms with Gasteiger partial charge in [-0.2, -0.15) is 0 Å². The molecule has 3 aromatic carbocycles. The third kappa shape index (κ3) is 8.33. The van der Waals surface area contributed by atoms with Crippen LogP contribution in [-0.4, -0.2) is 25.0 Å². The summed E-state index contributed by atoms with van der Waals surface area (Å²) in [6.45, 7) is 2.88. The highest BCUT2D eigenvalue weighted by molar-refractivity contribution is 5.95. The quantitative estimate of drug-likeness (QED) is 0.322. The van der Waals surface area contributed by atoms with Crippen molar-refractivity contribution in [2.24, 2.45) is 0 Å². The monoisotopic (exact) mass is 445 g/mol. The maximum Gasteiger partial charge on any atom is 0.243 e. The summed E-state index contributed by atoms with van der Waals surface area (Å²) >= 11 is 0. The fourth-order valence-corrected chi connectivity index (χ4v) is 3.21. The summed E-state index contributed by atoms with van der Waals surface area (Å²) in [4.78, 5) is 24.5. The van der Waals surface area contributed by atoms with Gasteiger partial charge in [0.05, 0.1) is 18.8 Å². The molecule has 0 atom stereocenters. The number of anilines is 3. The first-order chi connectivity index (χ1) is 16.1. The van der Waals surface area contributed by atoms with E-state index in [9.17, 15) is 9.59 Å². The van der Waals surface area contributed by atoms with E-state index in [1.807, 2.05) is 54.6 Å². The van der Waals surface area contributed by atoms with Crippen LogP contribution in [0.15, 0.2) is 78.9 Å². The minimum absolute atomic E-state index is 0.0420. The van der Waals surface area contributed by atoms with Gasteiger partial charge in [-0.3, -0.25) is 9.59 Å². The molecule has 2 amide bonds. The lowest BCUT2D eigenvalue weighted by molar-refractivity contribution is -0.116. The first-order valence-electron chi connectivity index (χ1n) is 11.3. The van der Waals surface area contributed by atoms with Crippen molar-refractivity contribution >= 4 is 28.9 Å². The van der Waals surface area contributed by atoms with Crippen LogP contribution in [0.25, 0.3) is 0 Å². The van der Waals surface area contributed by atoms with Crippen LogP contribution in [0.2, 0.25) is 0 Å². The number of hydrogen-bond acceptors (Lipinski definition) is 4. The van der Waals surface area contributed by atoms with Crippen molar-refractivity contribution in [3.05, 3.63) is 84.4 Å². The molecule has 3 rings (SSSR count). The van der Waals surface area contributed by atoms with Crippen LogP contribution in [0.4, 0.5) is 17.1 Å². The van der Waals surface area contributed by atoms with Crippen molar-refractivity contribution < 1.29 is 14.3 Å². The second-order valence-electron chi connectivity index (χ2n) is 7.71. The average molecular weight is 446 g/mol. The molecule has 0 saturated heterocycles. The predicted octanol–water partition coefficient (Wildman–Crippen LogP) is 5.49. The summed E-state index contributed by atoms with van der Waals surface area (Å²) in [6, 6.07) is 24.6. The van der Waals surface area contributed by atoms with Gasteiger partial charge in [-0.1, -0.05) is 55.8 Å². The molecule has 6 heteroatoms. The van der Waals surface area contributed by atoms with Crippen molar-refractivity contribution in [2.75, 3.05) is 29.1 Å². The lowest BCUT2D eigenvalue weighted by Crippen LogP contribution is -2.22. The number of hydrogen-bond donors (Lipinski definition) is 3. The molecule has 0 spiro atoms. The van der Waals surface area contributed by atoms with E-state index in [2.05, 4.69) is 22.9 Å². The Kier molecular flexibility index (Phi) is 9.33. The van der Waals surface area contributed by atoms with Crippen LogP contribution < -0.4 is 20.7 Å². The van der Waals surface area contributed by atoms with E-state index in [0.29, 0.717) is 30.8 Å².